The van der Waals surface area contributed by atoms with Gasteiger partial charge in [-0.05, 0) is 43.5 Å². The quantitative estimate of drug-likeness (QED) is 0.680. The predicted molar refractivity (Wildman–Crippen MR) is 88.3 cm³/mol. The molecule has 4 nitrogen and oxygen atoms in total. The van der Waals surface area contributed by atoms with Crippen molar-refractivity contribution in [2.75, 3.05) is 6.61 Å². The van der Waals surface area contributed by atoms with Crippen molar-refractivity contribution in [3.8, 4) is 5.75 Å². The number of nitrogens with zero attached hydrogens (tertiary/aromatic N) is 1. The zero-order chi connectivity index (χ0) is 15.9. The third kappa shape index (κ3) is 4.45. The minimum absolute atomic E-state index is 0.0605. The number of benzene rings is 2. The molecule has 0 saturated heterocycles. The zero-order valence-corrected chi connectivity index (χ0v) is 13.1. The average molecular weight is 296 g/mol. The molecule has 0 aromatic heterocycles. The summed E-state index contributed by atoms with van der Waals surface area (Å²) in [4.78, 5) is 11.7. The molecule has 0 radical (unpaired) electrons. The van der Waals surface area contributed by atoms with Crippen molar-refractivity contribution < 1.29 is 9.53 Å². The maximum atomic E-state index is 11.7. The Kier molecular flexibility index (Phi) is 5.31. The number of rotatable bonds is 5. The summed E-state index contributed by atoms with van der Waals surface area (Å²) in [6.45, 7) is 5.90. The van der Waals surface area contributed by atoms with E-state index in [0.717, 1.165) is 22.3 Å². The van der Waals surface area contributed by atoms with Crippen molar-refractivity contribution in [1.82, 2.24) is 5.43 Å². The van der Waals surface area contributed by atoms with Gasteiger partial charge in [0.05, 0.1) is 6.21 Å². The lowest BCUT2D eigenvalue weighted by Crippen LogP contribution is -2.24. The second-order valence-electron chi connectivity index (χ2n) is 5.21. The topological polar surface area (TPSA) is 50.7 Å². The summed E-state index contributed by atoms with van der Waals surface area (Å²) in [7, 11) is 0. The van der Waals surface area contributed by atoms with E-state index in [4.69, 9.17) is 4.74 Å². The monoisotopic (exact) mass is 296 g/mol. The van der Waals surface area contributed by atoms with Crippen molar-refractivity contribution in [3.63, 3.8) is 0 Å². The van der Waals surface area contributed by atoms with Crippen LogP contribution in [0.4, 0.5) is 0 Å². The van der Waals surface area contributed by atoms with Gasteiger partial charge in [0.15, 0.2) is 6.61 Å². The predicted octanol–water partition coefficient (Wildman–Crippen LogP) is 3.14. The SMILES string of the molecule is Cc1ccc(OCC(=O)NN=Cc2ccccc2C)c(C)c1. The first-order valence-corrected chi connectivity index (χ1v) is 7.14. The smallest absolute Gasteiger partial charge is 0.277 e. The molecule has 2 aromatic rings. The molecule has 114 valence electrons. The van der Waals surface area contributed by atoms with Gasteiger partial charge in [-0.2, -0.15) is 5.10 Å². The molecule has 2 aromatic carbocycles. The number of carbonyl (C=O) groups excluding carboxylic acids is 1. The Morgan fingerprint density at radius 1 is 1.14 bits per heavy atom. The number of aryl methyl sites for hydroxylation is 3. The van der Waals surface area contributed by atoms with Gasteiger partial charge in [0.2, 0.25) is 0 Å². The summed E-state index contributed by atoms with van der Waals surface area (Å²) < 4.78 is 5.49. The van der Waals surface area contributed by atoms with Crippen LogP contribution in [-0.4, -0.2) is 18.7 Å². The molecule has 1 N–H and O–H groups in total. The number of nitrogens with one attached hydrogen (secondary N) is 1. The Morgan fingerprint density at radius 2 is 1.91 bits per heavy atom. The van der Waals surface area contributed by atoms with Crippen LogP contribution in [0.5, 0.6) is 5.75 Å². The van der Waals surface area contributed by atoms with E-state index < -0.39 is 0 Å². The van der Waals surface area contributed by atoms with E-state index in [2.05, 4.69) is 10.5 Å². The highest BCUT2D eigenvalue weighted by atomic mass is 16.5. The summed E-state index contributed by atoms with van der Waals surface area (Å²) in [6, 6.07) is 13.7. The van der Waals surface area contributed by atoms with Gasteiger partial charge in [-0.25, -0.2) is 5.43 Å². The summed E-state index contributed by atoms with van der Waals surface area (Å²) >= 11 is 0. The molecule has 0 aliphatic carbocycles. The maximum absolute atomic E-state index is 11.7. The van der Waals surface area contributed by atoms with Crippen LogP contribution in [0.3, 0.4) is 0 Å². The highest BCUT2D eigenvalue weighted by molar-refractivity contribution is 5.84. The first-order chi connectivity index (χ1) is 10.6. The number of amides is 1. The summed E-state index contributed by atoms with van der Waals surface area (Å²) in [5.74, 6) is 0.424. The maximum Gasteiger partial charge on any atom is 0.277 e. The normalized spacial score (nSPS) is 10.7. The molecule has 1 amide bonds. The van der Waals surface area contributed by atoms with Gasteiger partial charge in [0.1, 0.15) is 5.75 Å². The first-order valence-electron chi connectivity index (χ1n) is 7.14. The lowest BCUT2D eigenvalue weighted by molar-refractivity contribution is -0.123. The second-order valence-corrected chi connectivity index (χ2v) is 5.21. The van der Waals surface area contributed by atoms with Gasteiger partial charge in [0.25, 0.3) is 5.91 Å². The average Bonchev–Trinajstić information content (AvgIpc) is 2.48. The van der Waals surface area contributed by atoms with Crippen LogP contribution in [0.1, 0.15) is 22.3 Å². The molecule has 0 heterocycles. The third-order valence-corrected chi connectivity index (χ3v) is 3.27. The Hall–Kier alpha value is -2.62. The molecule has 4 heteroatoms. The molecule has 0 atom stereocenters. The molecular weight excluding hydrogens is 276 g/mol. The minimum atomic E-state index is -0.287. The van der Waals surface area contributed by atoms with E-state index in [1.807, 2.05) is 63.2 Å². The summed E-state index contributed by atoms with van der Waals surface area (Å²) in [5.41, 5.74) is 6.71. The summed E-state index contributed by atoms with van der Waals surface area (Å²) in [5, 5.41) is 3.95. The summed E-state index contributed by atoms with van der Waals surface area (Å²) in [6.07, 6.45) is 1.63. The van der Waals surface area contributed by atoms with Crippen LogP contribution in [0.2, 0.25) is 0 Å². The van der Waals surface area contributed by atoms with Crippen LogP contribution < -0.4 is 10.2 Å². The first kappa shape index (κ1) is 15.8. The fourth-order valence-electron chi connectivity index (χ4n) is 2.04. The Balaban J connectivity index is 1.84. The van der Waals surface area contributed by atoms with Crippen molar-refractivity contribution in [2.24, 2.45) is 5.10 Å². The standard InChI is InChI=1S/C18H20N2O2/c1-13-8-9-17(15(3)10-13)22-12-18(21)20-19-11-16-7-5-4-6-14(16)2/h4-11H,12H2,1-3H3,(H,20,21). The molecule has 0 saturated carbocycles. The highest BCUT2D eigenvalue weighted by Gasteiger charge is 2.04. The van der Waals surface area contributed by atoms with Gasteiger partial charge in [0, 0.05) is 0 Å². The number of ether oxygens (including phenoxy) is 1. The molecule has 0 aliphatic heterocycles. The van der Waals surface area contributed by atoms with Crippen LogP contribution in [0, 0.1) is 20.8 Å². The van der Waals surface area contributed by atoms with Gasteiger partial charge in [-0.1, -0.05) is 42.0 Å². The van der Waals surface area contributed by atoms with Crippen molar-refractivity contribution >= 4 is 12.1 Å². The molecule has 2 rings (SSSR count). The van der Waals surface area contributed by atoms with Crippen molar-refractivity contribution in [2.45, 2.75) is 20.8 Å². The van der Waals surface area contributed by atoms with Crippen molar-refractivity contribution in [1.29, 1.82) is 0 Å². The van der Waals surface area contributed by atoms with Crippen LogP contribution >= 0.6 is 0 Å². The third-order valence-electron chi connectivity index (χ3n) is 3.27. The van der Waals surface area contributed by atoms with E-state index in [0.29, 0.717) is 5.75 Å². The zero-order valence-electron chi connectivity index (χ0n) is 13.1. The minimum Gasteiger partial charge on any atom is -0.483 e. The molecule has 0 unspecified atom stereocenters. The molecule has 0 spiro atoms. The van der Waals surface area contributed by atoms with Gasteiger partial charge in [-0.15, -0.1) is 0 Å². The van der Waals surface area contributed by atoms with Gasteiger partial charge < -0.3 is 4.74 Å². The molecule has 22 heavy (non-hydrogen) atoms. The van der Waals surface area contributed by atoms with Gasteiger partial charge in [-0.3, -0.25) is 4.79 Å². The highest BCUT2D eigenvalue weighted by Crippen LogP contribution is 2.18. The van der Waals surface area contributed by atoms with E-state index in [-0.39, 0.29) is 12.5 Å². The van der Waals surface area contributed by atoms with Crippen LogP contribution in [-0.2, 0) is 4.79 Å². The van der Waals surface area contributed by atoms with Crippen LogP contribution in [0.25, 0.3) is 0 Å². The number of hydrogen-bond acceptors (Lipinski definition) is 3. The molecular formula is C18H20N2O2. The van der Waals surface area contributed by atoms with Gasteiger partial charge >= 0.3 is 0 Å². The van der Waals surface area contributed by atoms with E-state index >= 15 is 0 Å². The van der Waals surface area contributed by atoms with Crippen LogP contribution in [0.15, 0.2) is 47.6 Å². The second kappa shape index (κ2) is 7.41. The molecule has 0 bridgehead atoms. The lowest BCUT2D eigenvalue weighted by atomic mass is 10.1. The molecule has 0 fully saturated rings. The Bertz CT molecular complexity index is 693. The largest absolute Gasteiger partial charge is 0.483 e. The fraction of sp³-hybridized carbons (Fsp3) is 0.222. The molecule has 0 aliphatic rings. The van der Waals surface area contributed by atoms with E-state index in [9.17, 15) is 4.79 Å². The number of hydrogen-bond donors (Lipinski definition) is 1. The van der Waals surface area contributed by atoms with E-state index in [1.54, 1.807) is 6.21 Å². The number of carbonyl (C=O) groups is 1. The number of hydrazone groups is 1. The Labute approximate surface area is 130 Å². The fourth-order valence-corrected chi connectivity index (χ4v) is 2.04. The lowest BCUT2D eigenvalue weighted by Gasteiger charge is -2.08. The van der Waals surface area contributed by atoms with E-state index in [1.165, 1.54) is 0 Å². The van der Waals surface area contributed by atoms with Crippen molar-refractivity contribution in [3.05, 3.63) is 64.7 Å². The Morgan fingerprint density at radius 3 is 2.64 bits per heavy atom.